The molecule has 6 heteroatoms. The van der Waals surface area contributed by atoms with Gasteiger partial charge < -0.3 is 15.1 Å². The Morgan fingerprint density at radius 1 is 0.926 bits per heavy atom. The number of carbonyl (C=O) groups excluding carboxylic acids is 3. The fraction of sp³-hybridized carbons (Fsp3) is 0.571. The second-order valence-electron chi connectivity index (χ2n) is 8.09. The summed E-state index contributed by atoms with van der Waals surface area (Å²) in [5.41, 5.74) is 2.47. The van der Waals surface area contributed by atoms with Gasteiger partial charge in [-0.15, -0.1) is 0 Å². The highest BCUT2D eigenvalue weighted by atomic mass is 16.2. The van der Waals surface area contributed by atoms with Gasteiger partial charge in [0.05, 0.1) is 6.04 Å². The molecule has 2 saturated heterocycles. The first-order valence-corrected chi connectivity index (χ1v) is 9.86. The second kappa shape index (κ2) is 6.98. The summed E-state index contributed by atoms with van der Waals surface area (Å²) in [5, 5.41) is 3.30. The maximum absolute atomic E-state index is 12.9. The Balaban J connectivity index is 1.49. The lowest BCUT2D eigenvalue weighted by molar-refractivity contribution is -0.134. The van der Waals surface area contributed by atoms with E-state index >= 15 is 0 Å². The van der Waals surface area contributed by atoms with E-state index in [-0.39, 0.29) is 35.6 Å². The van der Waals surface area contributed by atoms with Gasteiger partial charge in [0.1, 0.15) is 0 Å². The van der Waals surface area contributed by atoms with Crippen molar-refractivity contribution in [1.82, 2.24) is 15.1 Å². The molecule has 144 valence electrons. The number of likely N-dealkylation sites (tertiary alicyclic amines) is 2. The molecule has 6 nitrogen and oxygen atoms in total. The zero-order valence-corrected chi connectivity index (χ0v) is 16.0. The van der Waals surface area contributed by atoms with Crippen molar-refractivity contribution in [1.29, 1.82) is 0 Å². The monoisotopic (exact) mass is 369 g/mol. The maximum atomic E-state index is 12.9. The lowest BCUT2D eigenvalue weighted by Crippen LogP contribution is -2.44. The van der Waals surface area contributed by atoms with Crippen molar-refractivity contribution < 1.29 is 14.4 Å². The Labute approximate surface area is 159 Å². The SMILES string of the molecule is CC(=O)N1CCC(C(=O)N[C@H]2c3ccccc3[C@@H]3CN(C(C)=O)C[C@@H]32)CC1. The normalized spacial score (nSPS) is 27.3. The van der Waals surface area contributed by atoms with Crippen LogP contribution >= 0.6 is 0 Å². The highest BCUT2D eigenvalue weighted by Gasteiger charge is 2.47. The third-order valence-corrected chi connectivity index (χ3v) is 6.58. The van der Waals surface area contributed by atoms with E-state index < -0.39 is 0 Å². The standard InChI is InChI=1S/C21H27N3O3/c1-13(25)23-9-7-15(8-10-23)21(27)22-20-17-6-4-3-5-16(17)18-11-24(14(2)26)12-19(18)20/h3-6,15,18-20H,7-12H2,1-2H3,(H,22,27)/t18-,19-,20-/m0/s1. The first-order valence-electron chi connectivity index (χ1n) is 9.86. The van der Waals surface area contributed by atoms with Crippen LogP contribution in [-0.4, -0.2) is 53.7 Å². The van der Waals surface area contributed by atoms with Crippen LogP contribution in [0.1, 0.15) is 49.8 Å². The third kappa shape index (κ3) is 3.22. The molecule has 0 unspecified atom stereocenters. The number of hydrogen-bond donors (Lipinski definition) is 1. The van der Waals surface area contributed by atoms with Gasteiger partial charge in [-0.3, -0.25) is 14.4 Å². The Kier molecular flexibility index (Phi) is 4.66. The number of benzene rings is 1. The van der Waals surface area contributed by atoms with Gasteiger partial charge in [-0.05, 0) is 24.0 Å². The molecule has 0 bridgehead atoms. The number of hydrogen-bond acceptors (Lipinski definition) is 3. The highest BCUT2D eigenvalue weighted by molar-refractivity contribution is 5.80. The minimum atomic E-state index is -0.0443. The molecule has 1 aliphatic carbocycles. The molecule has 3 amide bonds. The fourth-order valence-electron chi connectivity index (χ4n) is 5.03. The van der Waals surface area contributed by atoms with E-state index in [1.165, 1.54) is 11.1 Å². The number of piperidine rings is 1. The average molecular weight is 369 g/mol. The molecule has 1 N–H and O–H groups in total. The van der Waals surface area contributed by atoms with Gasteiger partial charge >= 0.3 is 0 Å². The number of amides is 3. The average Bonchev–Trinajstić information content (AvgIpc) is 3.21. The molecule has 0 aromatic heterocycles. The predicted octanol–water partition coefficient (Wildman–Crippen LogP) is 1.68. The lowest BCUT2D eigenvalue weighted by atomic mass is 9.92. The van der Waals surface area contributed by atoms with Crippen molar-refractivity contribution in [2.24, 2.45) is 11.8 Å². The van der Waals surface area contributed by atoms with Gasteiger partial charge in [-0.25, -0.2) is 0 Å². The molecule has 2 aliphatic heterocycles. The minimum Gasteiger partial charge on any atom is -0.349 e. The van der Waals surface area contributed by atoms with Gasteiger partial charge in [-0.2, -0.15) is 0 Å². The first kappa shape index (κ1) is 18.0. The topological polar surface area (TPSA) is 69.7 Å². The maximum Gasteiger partial charge on any atom is 0.223 e. The Hall–Kier alpha value is -2.37. The molecule has 4 rings (SSSR count). The summed E-state index contributed by atoms with van der Waals surface area (Å²) >= 11 is 0. The van der Waals surface area contributed by atoms with Gasteiger partial charge in [-0.1, -0.05) is 24.3 Å². The van der Waals surface area contributed by atoms with Gasteiger partial charge in [0.25, 0.3) is 0 Å². The van der Waals surface area contributed by atoms with Crippen molar-refractivity contribution in [3.8, 4) is 0 Å². The van der Waals surface area contributed by atoms with Crippen LogP contribution in [0.4, 0.5) is 0 Å². The van der Waals surface area contributed by atoms with Crippen LogP contribution in [0.15, 0.2) is 24.3 Å². The predicted molar refractivity (Wildman–Crippen MR) is 101 cm³/mol. The minimum absolute atomic E-state index is 0.0334. The Morgan fingerprint density at radius 3 is 2.19 bits per heavy atom. The van der Waals surface area contributed by atoms with Crippen LogP contribution in [0.5, 0.6) is 0 Å². The van der Waals surface area contributed by atoms with E-state index in [1.54, 1.807) is 13.8 Å². The number of fused-ring (bicyclic) bond motifs is 3. The summed E-state index contributed by atoms with van der Waals surface area (Å²) < 4.78 is 0. The molecule has 0 spiro atoms. The van der Waals surface area contributed by atoms with Crippen LogP contribution in [0, 0.1) is 11.8 Å². The van der Waals surface area contributed by atoms with Crippen LogP contribution in [-0.2, 0) is 14.4 Å². The van der Waals surface area contributed by atoms with Gasteiger partial charge in [0.15, 0.2) is 0 Å². The molecule has 2 fully saturated rings. The van der Waals surface area contributed by atoms with Crippen molar-refractivity contribution in [3.05, 3.63) is 35.4 Å². The van der Waals surface area contributed by atoms with Crippen molar-refractivity contribution in [3.63, 3.8) is 0 Å². The molecule has 3 atom stereocenters. The molecular weight excluding hydrogens is 342 g/mol. The molecule has 1 aromatic rings. The highest BCUT2D eigenvalue weighted by Crippen LogP contribution is 2.49. The van der Waals surface area contributed by atoms with Crippen LogP contribution < -0.4 is 5.32 Å². The Morgan fingerprint density at radius 2 is 1.56 bits per heavy atom. The van der Waals surface area contributed by atoms with Gasteiger partial charge in [0, 0.05) is 57.8 Å². The van der Waals surface area contributed by atoms with Gasteiger partial charge in [0.2, 0.25) is 17.7 Å². The lowest BCUT2D eigenvalue weighted by Gasteiger charge is -2.32. The van der Waals surface area contributed by atoms with Crippen molar-refractivity contribution in [2.45, 2.75) is 38.6 Å². The molecule has 27 heavy (non-hydrogen) atoms. The van der Waals surface area contributed by atoms with Crippen LogP contribution in [0.3, 0.4) is 0 Å². The Bertz CT molecular complexity index is 770. The number of nitrogens with zero attached hydrogens (tertiary/aromatic N) is 2. The molecule has 3 aliphatic rings. The molecule has 2 heterocycles. The molecule has 0 radical (unpaired) electrons. The van der Waals surface area contributed by atoms with Crippen LogP contribution in [0.25, 0.3) is 0 Å². The van der Waals surface area contributed by atoms with Crippen molar-refractivity contribution in [2.75, 3.05) is 26.2 Å². The van der Waals surface area contributed by atoms with Crippen molar-refractivity contribution >= 4 is 17.7 Å². The first-order chi connectivity index (χ1) is 13.0. The zero-order chi connectivity index (χ0) is 19.1. The summed E-state index contributed by atoms with van der Waals surface area (Å²) in [5.74, 6) is 0.764. The smallest absolute Gasteiger partial charge is 0.223 e. The van der Waals surface area contributed by atoms with E-state index in [0.29, 0.717) is 38.4 Å². The molecular formula is C21H27N3O3. The largest absolute Gasteiger partial charge is 0.349 e. The zero-order valence-electron chi connectivity index (χ0n) is 16.0. The quantitative estimate of drug-likeness (QED) is 0.862. The third-order valence-electron chi connectivity index (χ3n) is 6.58. The molecule has 1 aromatic carbocycles. The van der Waals surface area contributed by atoms with E-state index in [2.05, 4.69) is 17.4 Å². The molecule has 0 saturated carbocycles. The van der Waals surface area contributed by atoms with E-state index in [4.69, 9.17) is 0 Å². The van der Waals surface area contributed by atoms with E-state index in [1.807, 2.05) is 21.9 Å². The second-order valence-corrected chi connectivity index (χ2v) is 8.09. The number of rotatable bonds is 2. The van der Waals surface area contributed by atoms with E-state index in [0.717, 1.165) is 6.54 Å². The summed E-state index contributed by atoms with van der Waals surface area (Å²) in [7, 11) is 0. The summed E-state index contributed by atoms with van der Waals surface area (Å²) in [6.45, 7) is 5.93. The number of nitrogens with one attached hydrogen (secondary N) is 1. The number of carbonyl (C=O) groups is 3. The summed E-state index contributed by atoms with van der Waals surface area (Å²) in [6, 6.07) is 8.26. The van der Waals surface area contributed by atoms with Crippen LogP contribution in [0.2, 0.25) is 0 Å². The fourth-order valence-corrected chi connectivity index (χ4v) is 5.03. The summed E-state index contributed by atoms with van der Waals surface area (Å²) in [4.78, 5) is 40.0. The summed E-state index contributed by atoms with van der Waals surface area (Å²) in [6.07, 6.45) is 1.43. The van der Waals surface area contributed by atoms with E-state index in [9.17, 15) is 14.4 Å².